The highest BCUT2D eigenvalue weighted by atomic mass is 16.3. The maximum Gasteiger partial charge on any atom is 0.293 e. The van der Waals surface area contributed by atoms with Gasteiger partial charge in [-0.05, 0) is 42.4 Å². The minimum atomic E-state index is -2.69. The van der Waals surface area contributed by atoms with Crippen LogP contribution in [0.1, 0.15) is 34.3 Å². The molecule has 3 aliphatic carbocycles. The molecule has 32 heavy (non-hydrogen) atoms. The van der Waals surface area contributed by atoms with Gasteiger partial charge >= 0.3 is 0 Å². The number of Topliss-reactive ketones (excluding diaryl/α,β-unsaturated/α-hetero) is 4. The van der Waals surface area contributed by atoms with Gasteiger partial charge in [-0.2, -0.15) is 0 Å². The number of carbonyl (C=O) groups is 6. The zero-order valence-electron chi connectivity index (χ0n) is 16.6. The maximum atomic E-state index is 13.3. The molecular formula is C22H18N2O8. The fraction of sp³-hybridized carbons (Fsp3) is 0.364. The number of nitrogens with two attached hydrogens (primary N) is 2. The number of rotatable bonds is 1. The molecule has 6 N–H and O–H groups in total. The van der Waals surface area contributed by atoms with Gasteiger partial charge < -0.3 is 21.7 Å². The maximum absolute atomic E-state index is 13.3. The van der Waals surface area contributed by atoms with Gasteiger partial charge in [0.1, 0.15) is 5.75 Å². The first-order valence-electron chi connectivity index (χ1n) is 9.82. The lowest BCUT2D eigenvalue weighted by molar-refractivity contribution is -0.175. The van der Waals surface area contributed by atoms with Crippen molar-refractivity contribution in [3.63, 3.8) is 0 Å². The predicted molar refractivity (Wildman–Crippen MR) is 105 cm³/mol. The molecule has 0 saturated heterocycles. The van der Waals surface area contributed by atoms with E-state index in [0.29, 0.717) is 5.56 Å². The summed E-state index contributed by atoms with van der Waals surface area (Å²) < 4.78 is 0. The number of hydrogen-bond acceptors (Lipinski definition) is 8. The van der Waals surface area contributed by atoms with Gasteiger partial charge in [0.2, 0.25) is 5.91 Å². The van der Waals surface area contributed by atoms with E-state index in [1.807, 2.05) is 0 Å². The number of aromatic hydroxyl groups is 1. The summed E-state index contributed by atoms with van der Waals surface area (Å²) in [5.41, 5.74) is 7.87. The van der Waals surface area contributed by atoms with Crippen LogP contribution >= 0.6 is 0 Å². The lowest BCUT2D eigenvalue weighted by Gasteiger charge is -2.48. The fourth-order valence-corrected chi connectivity index (χ4v) is 5.21. The fourth-order valence-electron chi connectivity index (χ4n) is 5.21. The van der Waals surface area contributed by atoms with E-state index >= 15 is 0 Å². The third-order valence-corrected chi connectivity index (χ3v) is 6.61. The quantitative estimate of drug-likeness (QED) is 0.290. The molecule has 10 nitrogen and oxygen atoms in total. The van der Waals surface area contributed by atoms with Crippen molar-refractivity contribution in [1.82, 2.24) is 0 Å². The Morgan fingerprint density at radius 1 is 1.06 bits per heavy atom. The van der Waals surface area contributed by atoms with Gasteiger partial charge in [-0.1, -0.05) is 5.92 Å². The molecule has 0 aromatic heterocycles. The van der Waals surface area contributed by atoms with Crippen LogP contribution in [0.4, 0.5) is 0 Å². The van der Waals surface area contributed by atoms with Crippen LogP contribution in [0.5, 0.6) is 5.75 Å². The van der Waals surface area contributed by atoms with Crippen molar-refractivity contribution in [3.8, 4) is 17.6 Å². The van der Waals surface area contributed by atoms with E-state index in [4.69, 9.17) is 11.5 Å². The molecule has 0 spiro atoms. The summed E-state index contributed by atoms with van der Waals surface area (Å²) in [4.78, 5) is 74.4. The Balaban J connectivity index is 1.82. The molecule has 0 radical (unpaired) electrons. The summed E-state index contributed by atoms with van der Waals surface area (Å²) in [7, 11) is 0. The molecule has 3 aliphatic rings. The van der Waals surface area contributed by atoms with Crippen LogP contribution in [-0.4, -0.2) is 50.8 Å². The highest BCUT2D eigenvalue weighted by molar-refractivity contribution is 6.31. The predicted octanol–water partition coefficient (Wildman–Crippen LogP) is -1.84. The number of phenols is 1. The van der Waals surface area contributed by atoms with Crippen LogP contribution < -0.4 is 11.5 Å². The number of amides is 2. The summed E-state index contributed by atoms with van der Waals surface area (Å²) in [5.74, 6) is -7.09. The third kappa shape index (κ3) is 2.85. The van der Waals surface area contributed by atoms with E-state index in [9.17, 15) is 39.0 Å². The molecular weight excluding hydrogens is 420 g/mol. The van der Waals surface area contributed by atoms with Crippen molar-refractivity contribution in [3.05, 3.63) is 28.8 Å². The molecule has 2 saturated carbocycles. The van der Waals surface area contributed by atoms with E-state index in [0.717, 1.165) is 0 Å². The van der Waals surface area contributed by atoms with Gasteiger partial charge in [-0.3, -0.25) is 28.8 Å². The second-order valence-electron chi connectivity index (χ2n) is 8.34. The van der Waals surface area contributed by atoms with Crippen molar-refractivity contribution in [2.45, 2.75) is 24.9 Å². The molecule has 10 heteroatoms. The molecule has 2 unspecified atom stereocenters. The normalized spacial score (nSPS) is 31.0. The average Bonchev–Trinajstić information content (AvgIpc) is 2.69. The Labute approximate surface area is 180 Å². The molecule has 164 valence electrons. The van der Waals surface area contributed by atoms with Crippen molar-refractivity contribution >= 4 is 34.9 Å². The highest BCUT2D eigenvalue weighted by Gasteiger charge is 2.66. The third-order valence-electron chi connectivity index (χ3n) is 6.61. The molecule has 1 aromatic rings. The zero-order valence-corrected chi connectivity index (χ0v) is 16.6. The van der Waals surface area contributed by atoms with Gasteiger partial charge in [0.05, 0.1) is 11.5 Å². The van der Waals surface area contributed by atoms with Crippen LogP contribution in [0, 0.1) is 35.5 Å². The van der Waals surface area contributed by atoms with Crippen LogP contribution in [0.2, 0.25) is 0 Å². The van der Waals surface area contributed by atoms with Crippen LogP contribution in [0.3, 0.4) is 0 Å². The Morgan fingerprint density at radius 3 is 2.38 bits per heavy atom. The Morgan fingerprint density at radius 2 is 1.75 bits per heavy atom. The zero-order chi connectivity index (χ0) is 23.5. The molecule has 2 fully saturated rings. The molecule has 5 atom stereocenters. The summed E-state index contributed by atoms with van der Waals surface area (Å²) in [6.07, 6.45) is -0.373. The van der Waals surface area contributed by atoms with E-state index in [1.54, 1.807) is 0 Å². The molecule has 1 aromatic carbocycles. The van der Waals surface area contributed by atoms with Gasteiger partial charge in [0.15, 0.2) is 34.7 Å². The largest absolute Gasteiger partial charge is 0.507 e. The summed E-state index contributed by atoms with van der Waals surface area (Å²) in [5, 5.41) is 21.4. The van der Waals surface area contributed by atoms with Crippen LogP contribution in [-0.2, 0) is 30.4 Å². The molecule has 4 rings (SSSR count). The summed E-state index contributed by atoms with van der Waals surface area (Å²) in [6.45, 7) is 0. The number of hydrogen-bond donors (Lipinski definition) is 4. The van der Waals surface area contributed by atoms with Crippen molar-refractivity contribution in [2.24, 2.45) is 35.1 Å². The van der Waals surface area contributed by atoms with Crippen LogP contribution in [0.15, 0.2) is 12.1 Å². The number of ketones is 4. The van der Waals surface area contributed by atoms with E-state index in [2.05, 4.69) is 11.8 Å². The monoisotopic (exact) mass is 438 g/mol. The van der Waals surface area contributed by atoms with Crippen molar-refractivity contribution in [2.75, 3.05) is 0 Å². The van der Waals surface area contributed by atoms with Gasteiger partial charge in [-0.15, -0.1) is 0 Å². The van der Waals surface area contributed by atoms with E-state index < -0.39 is 76.4 Å². The lowest BCUT2D eigenvalue weighted by atomic mass is 9.53. The molecule has 0 aliphatic heterocycles. The number of phenolic OH excluding ortho intramolecular Hbond substituents is 1. The molecule has 0 bridgehead atoms. The lowest BCUT2D eigenvalue weighted by Crippen LogP contribution is -2.68. The standard InChI is InChI=1S/C22H18N2O8/c23-14(27)4-2-8-1-3-12(25)16-11(8)6-9-5-10-7-13(26)17(21(24)31)20(30)22(10,32)19(29)15(9)18(16)28/h1,3,9-10,15,17,25,32H,5-7H2,(H2,23,27)(H2,24,31)/t9-,10+,15?,17?,22+/m1/s1. The van der Waals surface area contributed by atoms with Crippen molar-refractivity contribution < 1.29 is 39.0 Å². The SMILES string of the molecule is NC(=O)C#Cc1ccc(O)c2c1C[C@H]1C[C@H]3CC(=O)C(C(N)=O)C(=O)[C@@]3(O)C(=O)C1C2=O. The number of benzene rings is 1. The number of fused-ring (bicyclic) bond motifs is 3. The van der Waals surface area contributed by atoms with Crippen LogP contribution in [0.25, 0.3) is 0 Å². The van der Waals surface area contributed by atoms with E-state index in [-0.39, 0.29) is 24.0 Å². The first-order valence-corrected chi connectivity index (χ1v) is 9.82. The Kier molecular flexibility index (Phi) is 4.75. The molecule has 2 amide bonds. The highest BCUT2D eigenvalue weighted by Crippen LogP contribution is 2.50. The summed E-state index contributed by atoms with van der Waals surface area (Å²) in [6, 6.07) is 2.59. The van der Waals surface area contributed by atoms with Crippen molar-refractivity contribution in [1.29, 1.82) is 0 Å². The summed E-state index contributed by atoms with van der Waals surface area (Å²) >= 11 is 0. The second-order valence-corrected chi connectivity index (χ2v) is 8.34. The van der Waals surface area contributed by atoms with Gasteiger partial charge in [-0.25, -0.2) is 0 Å². The van der Waals surface area contributed by atoms with E-state index in [1.165, 1.54) is 12.1 Å². The number of aliphatic hydroxyl groups is 1. The minimum Gasteiger partial charge on any atom is -0.507 e. The average molecular weight is 438 g/mol. The number of carbonyl (C=O) groups excluding carboxylic acids is 6. The topological polar surface area (TPSA) is 195 Å². The first-order chi connectivity index (χ1) is 15.0. The second kappa shape index (κ2) is 7.10. The first kappa shape index (κ1) is 21.4. The van der Waals surface area contributed by atoms with Gasteiger partial charge in [0, 0.05) is 17.9 Å². The van der Waals surface area contributed by atoms with Gasteiger partial charge in [0.25, 0.3) is 5.91 Å². The minimum absolute atomic E-state index is 0.0284. The Bertz CT molecular complexity index is 1210. The molecule has 0 heterocycles. The number of primary amides is 2. The smallest absolute Gasteiger partial charge is 0.293 e. The Hall–Kier alpha value is -3.84.